The van der Waals surface area contributed by atoms with E-state index in [1.807, 2.05) is 31.2 Å². The lowest BCUT2D eigenvalue weighted by Gasteiger charge is -2.24. The summed E-state index contributed by atoms with van der Waals surface area (Å²) in [6, 6.07) is 7.41. The van der Waals surface area contributed by atoms with Gasteiger partial charge in [0.2, 0.25) is 0 Å². The van der Waals surface area contributed by atoms with Gasteiger partial charge in [0, 0.05) is 23.9 Å². The predicted molar refractivity (Wildman–Crippen MR) is 72.0 cm³/mol. The second kappa shape index (κ2) is 6.48. The standard InChI is InChI=1S/C15H20F3NO/c1-2-9-19-13(7-8-15(16,17)18)12-10-20-14-6-4-3-5-11(12)14/h3-6,12-13,19H,2,7-10H2,1H3. The Balaban J connectivity index is 2.07. The van der Waals surface area contributed by atoms with E-state index < -0.39 is 12.6 Å². The second-order valence-corrected chi connectivity index (χ2v) is 5.17. The van der Waals surface area contributed by atoms with E-state index >= 15 is 0 Å². The van der Waals surface area contributed by atoms with Crippen molar-refractivity contribution in [1.82, 2.24) is 5.32 Å². The van der Waals surface area contributed by atoms with Crippen LogP contribution < -0.4 is 10.1 Å². The Morgan fingerprint density at radius 3 is 2.80 bits per heavy atom. The van der Waals surface area contributed by atoms with E-state index in [0.29, 0.717) is 6.61 Å². The Labute approximate surface area is 117 Å². The molecular formula is C15H20F3NO. The number of halogens is 3. The van der Waals surface area contributed by atoms with E-state index in [2.05, 4.69) is 5.32 Å². The van der Waals surface area contributed by atoms with Crippen LogP contribution in [-0.4, -0.2) is 25.4 Å². The molecule has 20 heavy (non-hydrogen) atoms. The zero-order chi connectivity index (χ0) is 14.6. The van der Waals surface area contributed by atoms with E-state index in [4.69, 9.17) is 4.74 Å². The number of fused-ring (bicyclic) bond motifs is 1. The zero-order valence-electron chi connectivity index (χ0n) is 11.5. The Morgan fingerprint density at radius 2 is 2.10 bits per heavy atom. The highest BCUT2D eigenvalue weighted by Gasteiger charge is 2.34. The molecule has 2 unspecified atom stereocenters. The van der Waals surface area contributed by atoms with E-state index in [1.165, 1.54) is 0 Å². The second-order valence-electron chi connectivity index (χ2n) is 5.17. The highest BCUT2D eigenvalue weighted by Crippen LogP contribution is 2.37. The molecular weight excluding hydrogens is 267 g/mol. The lowest BCUT2D eigenvalue weighted by molar-refractivity contribution is -0.137. The van der Waals surface area contributed by atoms with Gasteiger partial charge >= 0.3 is 6.18 Å². The van der Waals surface area contributed by atoms with E-state index in [-0.39, 0.29) is 18.4 Å². The van der Waals surface area contributed by atoms with Gasteiger partial charge in [-0.25, -0.2) is 0 Å². The van der Waals surface area contributed by atoms with Crippen molar-refractivity contribution in [2.24, 2.45) is 0 Å². The van der Waals surface area contributed by atoms with Gasteiger partial charge in [0.05, 0.1) is 6.61 Å². The van der Waals surface area contributed by atoms with E-state index in [1.54, 1.807) is 0 Å². The molecule has 1 aromatic rings. The largest absolute Gasteiger partial charge is 0.493 e. The third-order valence-electron chi connectivity index (χ3n) is 3.62. The Hall–Kier alpha value is -1.23. The summed E-state index contributed by atoms with van der Waals surface area (Å²) < 4.78 is 43.0. The van der Waals surface area contributed by atoms with Crippen molar-refractivity contribution in [1.29, 1.82) is 0 Å². The van der Waals surface area contributed by atoms with Gasteiger partial charge in [0.1, 0.15) is 5.75 Å². The molecule has 1 aliphatic heterocycles. The van der Waals surface area contributed by atoms with Crippen LogP contribution in [0.3, 0.4) is 0 Å². The average Bonchev–Trinajstić information content (AvgIpc) is 2.82. The zero-order valence-corrected chi connectivity index (χ0v) is 11.5. The first-order valence-electron chi connectivity index (χ1n) is 7.03. The van der Waals surface area contributed by atoms with Crippen LogP contribution in [0.4, 0.5) is 13.2 Å². The molecule has 0 spiro atoms. The summed E-state index contributed by atoms with van der Waals surface area (Å²) in [6.45, 7) is 3.19. The molecule has 5 heteroatoms. The van der Waals surface area contributed by atoms with Crippen molar-refractivity contribution in [3.05, 3.63) is 29.8 Å². The SMILES string of the molecule is CCCNC(CCC(F)(F)F)C1COc2ccccc21. The van der Waals surface area contributed by atoms with Crippen LogP contribution in [0.5, 0.6) is 5.75 Å². The van der Waals surface area contributed by atoms with Crippen LogP contribution in [0.1, 0.15) is 37.7 Å². The fourth-order valence-corrected chi connectivity index (χ4v) is 2.61. The van der Waals surface area contributed by atoms with Gasteiger partial charge in [-0.15, -0.1) is 0 Å². The Bertz CT molecular complexity index is 433. The molecule has 0 amide bonds. The lowest BCUT2D eigenvalue weighted by atomic mass is 9.90. The summed E-state index contributed by atoms with van der Waals surface area (Å²) in [5.41, 5.74) is 1.02. The van der Waals surface area contributed by atoms with Crippen LogP contribution in [0, 0.1) is 0 Å². The van der Waals surface area contributed by atoms with Crippen molar-refractivity contribution in [3.63, 3.8) is 0 Å². The van der Waals surface area contributed by atoms with Gasteiger partial charge in [0.25, 0.3) is 0 Å². The molecule has 2 atom stereocenters. The first kappa shape index (κ1) is 15.2. The minimum absolute atomic E-state index is 0.0000926. The van der Waals surface area contributed by atoms with Gasteiger partial charge < -0.3 is 10.1 Å². The summed E-state index contributed by atoms with van der Waals surface area (Å²) in [7, 11) is 0. The first-order valence-corrected chi connectivity index (χ1v) is 7.03. The molecule has 112 valence electrons. The normalized spacial score (nSPS) is 19.5. The van der Waals surface area contributed by atoms with Crippen molar-refractivity contribution in [2.75, 3.05) is 13.2 Å². The van der Waals surface area contributed by atoms with Gasteiger partial charge in [-0.1, -0.05) is 25.1 Å². The smallest absolute Gasteiger partial charge is 0.389 e. The molecule has 0 aliphatic carbocycles. The molecule has 1 aromatic carbocycles. The molecule has 1 aliphatic rings. The third kappa shape index (κ3) is 3.88. The number of hydrogen-bond acceptors (Lipinski definition) is 2. The van der Waals surface area contributed by atoms with E-state index in [9.17, 15) is 13.2 Å². The molecule has 0 bridgehead atoms. The number of nitrogens with one attached hydrogen (secondary N) is 1. The summed E-state index contributed by atoms with van der Waals surface area (Å²) in [4.78, 5) is 0. The van der Waals surface area contributed by atoms with Crippen molar-refractivity contribution < 1.29 is 17.9 Å². The number of para-hydroxylation sites is 1. The molecule has 0 radical (unpaired) electrons. The molecule has 0 fully saturated rings. The number of hydrogen-bond donors (Lipinski definition) is 1. The van der Waals surface area contributed by atoms with Crippen LogP contribution in [-0.2, 0) is 0 Å². The quantitative estimate of drug-likeness (QED) is 0.857. The summed E-state index contributed by atoms with van der Waals surface area (Å²) in [5.74, 6) is 0.799. The number of alkyl halides is 3. The maximum Gasteiger partial charge on any atom is 0.389 e. The molecule has 2 rings (SSSR count). The van der Waals surface area contributed by atoms with Crippen molar-refractivity contribution >= 4 is 0 Å². The fraction of sp³-hybridized carbons (Fsp3) is 0.600. The monoisotopic (exact) mass is 287 g/mol. The first-order chi connectivity index (χ1) is 9.51. The minimum Gasteiger partial charge on any atom is -0.493 e. The van der Waals surface area contributed by atoms with Crippen LogP contribution in [0.15, 0.2) is 24.3 Å². The number of rotatable bonds is 6. The molecule has 0 saturated carbocycles. The minimum atomic E-state index is -4.11. The van der Waals surface area contributed by atoms with Crippen molar-refractivity contribution in [3.8, 4) is 5.75 Å². The summed E-state index contributed by atoms with van der Waals surface area (Å²) in [5, 5.41) is 3.24. The number of benzene rings is 1. The highest BCUT2D eigenvalue weighted by atomic mass is 19.4. The van der Waals surface area contributed by atoms with Gasteiger partial charge in [0.15, 0.2) is 0 Å². The van der Waals surface area contributed by atoms with Crippen molar-refractivity contribution in [2.45, 2.75) is 44.3 Å². The Morgan fingerprint density at radius 1 is 1.35 bits per heavy atom. The summed E-state index contributed by atoms with van der Waals surface area (Å²) in [6.07, 6.45) is -3.87. The number of ether oxygens (including phenoxy) is 1. The predicted octanol–water partition coefficient (Wildman–Crippen LogP) is 3.87. The molecule has 0 aromatic heterocycles. The molecule has 1 heterocycles. The maximum absolute atomic E-state index is 12.5. The van der Waals surface area contributed by atoms with Crippen LogP contribution in [0.25, 0.3) is 0 Å². The lowest BCUT2D eigenvalue weighted by Crippen LogP contribution is -2.37. The summed E-state index contributed by atoms with van der Waals surface area (Å²) >= 11 is 0. The topological polar surface area (TPSA) is 21.3 Å². The highest BCUT2D eigenvalue weighted by molar-refractivity contribution is 5.40. The molecule has 0 saturated heterocycles. The van der Waals surface area contributed by atoms with Gasteiger partial charge in [-0.05, 0) is 25.5 Å². The van der Waals surface area contributed by atoms with Crippen LogP contribution >= 0.6 is 0 Å². The van der Waals surface area contributed by atoms with E-state index in [0.717, 1.165) is 24.3 Å². The fourth-order valence-electron chi connectivity index (χ4n) is 2.61. The van der Waals surface area contributed by atoms with Gasteiger partial charge in [-0.3, -0.25) is 0 Å². The average molecular weight is 287 g/mol. The molecule has 1 N–H and O–H groups in total. The van der Waals surface area contributed by atoms with Gasteiger partial charge in [-0.2, -0.15) is 13.2 Å². The maximum atomic E-state index is 12.5. The molecule has 2 nitrogen and oxygen atoms in total. The Kier molecular flexibility index (Phi) is 4.91. The van der Waals surface area contributed by atoms with Crippen LogP contribution in [0.2, 0.25) is 0 Å². The third-order valence-corrected chi connectivity index (χ3v) is 3.62.